The normalized spacial score (nSPS) is 11.1. The quantitative estimate of drug-likeness (QED) is 0.670. The number of halogens is 1. The molecule has 1 heterocycles. The average molecular weight is 192 g/mol. The van der Waals surface area contributed by atoms with Gasteiger partial charge in [-0.1, -0.05) is 6.92 Å². The molecule has 0 radical (unpaired) electrons. The summed E-state index contributed by atoms with van der Waals surface area (Å²) in [4.78, 5) is 0. The molecule has 2 aromatic rings. The molecule has 1 nitrogen and oxygen atoms in total. The van der Waals surface area contributed by atoms with Crippen molar-refractivity contribution in [3.63, 3.8) is 0 Å². The summed E-state index contributed by atoms with van der Waals surface area (Å²) < 4.78 is 18.8. The van der Waals surface area contributed by atoms with E-state index >= 15 is 0 Å². The minimum Gasteiger partial charge on any atom is -0.461 e. The topological polar surface area (TPSA) is 13.1 Å². The predicted molar refractivity (Wildman–Crippen MR) is 55.0 cm³/mol. The molecule has 0 N–H and O–H groups in total. The second-order valence-electron chi connectivity index (χ2n) is 3.60. The fraction of sp³-hybridized carbons (Fsp3) is 0.333. The van der Waals surface area contributed by atoms with Crippen LogP contribution in [0.25, 0.3) is 11.0 Å². The number of rotatable bonds is 1. The van der Waals surface area contributed by atoms with E-state index in [9.17, 15) is 4.39 Å². The van der Waals surface area contributed by atoms with Crippen LogP contribution in [0.5, 0.6) is 0 Å². The van der Waals surface area contributed by atoms with Crippen molar-refractivity contribution in [3.05, 3.63) is 34.8 Å². The third kappa shape index (κ3) is 1.22. The van der Waals surface area contributed by atoms with Gasteiger partial charge in [-0.05, 0) is 37.1 Å². The van der Waals surface area contributed by atoms with Gasteiger partial charge in [-0.2, -0.15) is 0 Å². The van der Waals surface area contributed by atoms with Crippen LogP contribution in [0.15, 0.2) is 16.5 Å². The summed E-state index contributed by atoms with van der Waals surface area (Å²) in [6.45, 7) is 5.88. The highest BCUT2D eigenvalue weighted by atomic mass is 19.1. The van der Waals surface area contributed by atoms with E-state index in [1.54, 1.807) is 6.07 Å². The van der Waals surface area contributed by atoms with Gasteiger partial charge in [0.15, 0.2) is 0 Å². The van der Waals surface area contributed by atoms with Gasteiger partial charge in [0.1, 0.15) is 17.2 Å². The van der Waals surface area contributed by atoms with Gasteiger partial charge >= 0.3 is 0 Å². The second-order valence-corrected chi connectivity index (χ2v) is 3.60. The molecule has 0 aliphatic heterocycles. The van der Waals surface area contributed by atoms with E-state index in [1.165, 1.54) is 6.07 Å². The molecule has 0 saturated carbocycles. The standard InChI is InChI=1S/C12H13FO/c1-4-11-8(3)10-6-9(13)5-7(2)12(10)14-11/h5-6H,4H2,1-3H3. The maximum absolute atomic E-state index is 13.1. The lowest BCUT2D eigenvalue weighted by Gasteiger charge is -1.94. The molecule has 2 rings (SSSR count). The first-order valence-corrected chi connectivity index (χ1v) is 4.81. The lowest BCUT2D eigenvalue weighted by atomic mass is 10.1. The Bertz CT molecular complexity index is 483. The van der Waals surface area contributed by atoms with Gasteiger partial charge in [0, 0.05) is 11.8 Å². The lowest BCUT2D eigenvalue weighted by Crippen LogP contribution is -1.80. The first-order chi connectivity index (χ1) is 6.63. The van der Waals surface area contributed by atoms with E-state index in [0.717, 1.165) is 34.3 Å². The zero-order valence-corrected chi connectivity index (χ0v) is 8.65. The monoisotopic (exact) mass is 192 g/mol. The van der Waals surface area contributed by atoms with Gasteiger partial charge in [0.2, 0.25) is 0 Å². The van der Waals surface area contributed by atoms with Crippen LogP contribution in [0.3, 0.4) is 0 Å². The van der Waals surface area contributed by atoms with Crippen LogP contribution >= 0.6 is 0 Å². The Kier molecular flexibility index (Phi) is 2.06. The van der Waals surface area contributed by atoms with Gasteiger partial charge in [0.05, 0.1) is 0 Å². The first-order valence-electron chi connectivity index (χ1n) is 4.81. The van der Waals surface area contributed by atoms with Gasteiger partial charge in [0.25, 0.3) is 0 Å². The van der Waals surface area contributed by atoms with Crippen molar-refractivity contribution in [2.45, 2.75) is 27.2 Å². The van der Waals surface area contributed by atoms with Crippen molar-refractivity contribution < 1.29 is 8.81 Å². The van der Waals surface area contributed by atoms with Crippen molar-refractivity contribution >= 4 is 11.0 Å². The average Bonchev–Trinajstić information content (AvgIpc) is 2.44. The maximum Gasteiger partial charge on any atom is 0.137 e. The molecule has 0 atom stereocenters. The van der Waals surface area contributed by atoms with E-state index in [0.29, 0.717) is 0 Å². The molecular formula is C12H13FO. The van der Waals surface area contributed by atoms with E-state index in [1.807, 2.05) is 20.8 Å². The number of hydrogen-bond acceptors (Lipinski definition) is 1. The number of aryl methyl sites for hydroxylation is 3. The van der Waals surface area contributed by atoms with E-state index in [4.69, 9.17) is 4.42 Å². The number of benzene rings is 1. The summed E-state index contributed by atoms with van der Waals surface area (Å²) >= 11 is 0. The molecule has 1 aromatic heterocycles. The van der Waals surface area contributed by atoms with Gasteiger partial charge in [-0.15, -0.1) is 0 Å². The van der Waals surface area contributed by atoms with Crippen LogP contribution < -0.4 is 0 Å². The highest BCUT2D eigenvalue weighted by molar-refractivity contribution is 5.84. The summed E-state index contributed by atoms with van der Waals surface area (Å²) in [6, 6.07) is 3.05. The molecule has 0 aliphatic rings. The SMILES string of the molecule is CCc1oc2c(C)cc(F)cc2c1C. The molecular weight excluding hydrogens is 179 g/mol. The highest BCUT2D eigenvalue weighted by Gasteiger charge is 2.11. The molecule has 0 bridgehead atoms. The van der Waals surface area contributed by atoms with Gasteiger partial charge < -0.3 is 4.42 Å². The molecule has 0 amide bonds. The number of fused-ring (bicyclic) bond motifs is 1. The second kappa shape index (κ2) is 3.12. The highest BCUT2D eigenvalue weighted by Crippen LogP contribution is 2.28. The van der Waals surface area contributed by atoms with E-state index in [2.05, 4.69) is 0 Å². The minimum absolute atomic E-state index is 0.193. The maximum atomic E-state index is 13.1. The third-order valence-corrected chi connectivity index (χ3v) is 2.61. The molecule has 74 valence electrons. The van der Waals surface area contributed by atoms with Crippen molar-refractivity contribution in [2.75, 3.05) is 0 Å². The number of hydrogen-bond donors (Lipinski definition) is 0. The van der Waals surface area contributed by atoms with Crippen molar-refractivity contribution in [2.24, 2.45) is 0 Å². The summed E-state index contributed by atoms with van der Waals surface area (Å²) in [5.74, 6) is 0.759. The third-order valence-electron chi connectivity index (χ3n) is 2.61. The van der Waals surface area contributed by atoms with Crippen LogP contribution in [0, 0.1) is 19.7 Å². The Morgan fingerprint density at radius 1 is 1.29 bits per heavy atom. The minimum atomic E-state index is -0.193. The molecule has 2 heteroatoms. The molecule has 0 spiro atoms. The summed E-state index contributed by atoms with van der Waals surface area (Å²) in [6.07, 6.45) is 0.849. The Hall–Kier alpha value is -1.31. The zero-order valence-electron chi connectivity index (χ0n) is 8.65. The Morgan fingerprint density at radius 3 is 2.64 bits per heavy atom. The van der Waals surface area contributed by atoms with Crippen LogP contribution in [0.1, 0.15) is 23.8 Å². The van der Waals surface area contributed by atoms with Gasteiger partial charge in [-0.3, -0.25) is 0 Å². The molecule has 14 heavy (non-hydrogen) atoms. The van der Waals surface area contributed by atoms with Crippen molar-refractivity contribution in [1.82, 2.24) is 0 Å². The Balaban J connectivity index is 2.85. The largest absolute Gasteiger partial charge is 0.461 e. The Morgan fingerprint density at radius 2 is 2.00 bits per heavy atom. The predicted octanol–water partition coefficient (Wildman–Crippen LogP) is 3.75. The van der Waals surface area contributed by atoms with Crippen molar-refractivity contribution in [3.8, 4) is 0 Å². The molecule has 0 fully saturated rings. The summed E-state index contributed by atoms with van der Waals surface area (Å²) in [5.41, 5.74) is 2.74. The summed E-state index contributed by atoms with van der Waals surface area (Å²) in [5, 5.41) is 0.902. The first kappa shape index (κ1) is 9.25. The van der Waals surface area contributed by atoms with Gasteiger partial charge in [-0.25, -0.2) is 4.39 Å². The van der Waals surface area contributed by atoms with Crippen LogP contribution in [0.4, 0.5) is 4.39 Å². The fourth-order valence-corrected chi connectivity index (χ4v) is 1.83. The molecule has 0 aliphatic carbocycles. The lowest BCUT2D eigenvalue weighted by molar-refractivity contribution is 0.550. The van der Waals surface area contributed by atoms with Crippen LogP contribution in [0.2, 0.25) is 0 Å². The zero-order chi connectivity index (χ0) is 10.3. The van der Waals surface area contributed by atoms with Crippen LogP contribution in [-0.2, 0) is 6.42 Å². The summed E-state index contributed by atoms with van der Waals surface area (Å²) in [7, 11) is 0. The smallest absolute Gasteiger partial charge is 0.137 e. The number of furan rings is 1. The Labute approximate surface area is 82.5 Å². The molecule has 0 unspecified atom stereocenters. The molecule has 1 aromatic carbocycles. The van der Waals surface area contributed by atoms with Crippen LogP contribution in [-0.4, -0.2) is 0 Å². The van der Waals surface area contributed by atoms with E-state index < -0.39 is 0 Å². The fourth-order valence-electron chi connectivity index (χ4n) is 1.83. The van der Waals surface area contributed by atoms with E-state index in [-0.39, 0.29) is 5.82 Å². The molecule has 0 saturated heterocycles. The van der Waals surface area contributed by atoms with Crippen molar-refractivity contribution in [1.29, 1.82) is 0 Å².